The van der Waals surface area contributed by atoms with Crippen LogP contribution in [0.2, 0.25) is 0 Å². The maximum absolute atomic E-state index is 5.01. The minimum Gasteiger partial charge on any atom is -0.383 e. The summed E-state index contributed by atoms with van der Waals surface area (Å²) in [6, 6.07) is 0. The van der Waals surface area contributed by atoms with Crippen LogP contribution in [0.5, 0.6) is 0 Å². The van der Waals surface area contributed by atoms with Crippen molar-refractivity contribution in [2.75, 3.05) is 19.0 Å². The van der Waals surface area contributed by atoms with Gasteiger partial charge in [0, 0.05) is 13.3 Å². The fourth-order valence-electron chi connectivity index (χ4n) is 1.65. The van der Waals surface area contributed by atoms with Crippen LogP contribution in [0.3, 0.4) is 0 Å². The van der Waals surface area contributed by atoms with Crippen molar-refractivity contribution in [2.24, 2.45) is 0 Å². The molecule has 7 heteroatoms. The summed E-state index contributed by atoms with van der Waals surface area (Å²) in [7, 11) is 1.67. The van der Waals surface area contributed by atoms with Gasteiger partial charge in [0.25, 0.3) is 0 Å². The lowest BCUT2D eigenvalue weighted by Crippen LogP contribution is -2.04. The second-order valence-corrected chi connectivity index (χ2v) is 4.92. The average molecular weight is 326 g/mol. The number of nitrogens with zero attached hydrogens (tertiary/aromatic N) is 4. The van der Waals surface area contributed by atoms with E-state index in [1.165, 1.54) is 0 Å². The van der Waals surface area contributed by atoms with Crippen molar-refractivity contribution in [3.63, 3.8) is 0 Å². The van der Waals surface area contributed by atoms with Crippen molar-refractivity contribution in [2.45, 2.75) is 20.4 Å². The van der Waals surface area contributed by atoms with E-state index in [1.54, 1.807) is 13.3 Å². The fourth-order valence-corrected chi connectivity index (χ4v) is 1.93. The van der Waals surface area contributed by atoms with E-state index in [0.29, 0.717) is 6.61 Å². The van der Waals surface area contributed by atoms with Crippen molar-refractivity contribution in [3.05, 3.63) is 28.4 Å². The van der Waals surface area contributed by atoms with Gasteiger partial charge >= 0.3 is 0 Å². The van der Waals surface area contributed by atoms with Gasteiger partial charge in [-0.3, -0.25) is 4.68 Å². The molecule has 0 aliphatic heterocycles. The predicted molar refractivity (Wildman–Crippen MR) is 76.6 cm³/mol. The second kappa shape index (κ2) is 6.12. The zero-order valence-corrected chi connectivity index (χ0v) is 12.7. The van der Waals surface area contributed by atoms with Crippen LogP contribution in [0.25, 0.3) is 0 Å². The summed E-state index contributed by atoms with van der Waals surface area (Å²) in [5, 5.41) is 7.47. The zero-order chi connectivity index (χ0) is 13.8. The number of aromatic nitrogens is 4. The van der Waals surface area contributed by atoms with E-state index < -0.39 is 0 Å². The first-order valence-corrected chi connectivity index (χ1v) is 6.68. The molecule has 0 radical (unpaired) electrons. The van der Waals surface area contributed by atoms with Crippen LogP contribution in [-0.2, 0) is 11.3 Å². The van der Waals surface area contributed by atoms with E-state index in [1.807, 2.05) is 24.7 Å². The molecule has 0 saturated heterocycles. The quantitative estimate of drug-likeness (QED) is 0.914. The average Bonchev–Trinajstić information content (AvgIpc) is 2.80. The van der Waals surface area contributed by atoms with Gasteiger partial charge in [-0.15, -0.1) is 0 Å². The minimum atomic E-state index is 0.635. The molecule has 2 aromatic heterocycles. The Morgan fingerprint density at radius 1 is 1.37 bits per heavy atom. The maximum atomic E-state index is 5.01. The Labute approximate surface area is 120 Å². The van der Waals surface area contributed by atoms with E-state index in [2.05, 4.69) is 36.3 Å². The standard InChI is InChI=1S/C12H16BrN5O/c1-8-11(13)12(16-9(2)15-8)17-10-6-14-18(7-10)4-5-19-3/h6-7H,4-5H2,1-3H3,(H,15,16,17). The predicted octanol–water partition coefficient (Wildman–Crippen LogP) is 2.44. The highest BCUT2D eigenvalue weighted by Crippen LogP contribution is 2.25. The van der Waals surface area contributed by atoms with Crippen LogP contribution in [0.15, 0.2) is 16.9 Å². The number of rotatable bonds is 5. The van der Waals surface area contributed by atoms with Gasteiger partial charge in [0.15, 0.2) is 0 Å². The lowest BCUT2D eigenvalue weighted by Gasteiger charge is -2.08. The third-order valence-electron chi connectivity index (χ3n) is 2.55. The molecule has 0 bridgehead atoms. The normalized spacial score (nSPS) is 10.7. The van der Waals surface area contributed by atoms with Crippen LogP contribution in [0.1, 0.15) is 11.5 Å². The van der Waals surface area contributed by atoms with Crippen molar-refractivity contribution in [1.82, 2.24) is 19.7 Å². The Bertz CT molecular complexity index is 569. The molecule has 0 atom stereocenters. The Hall–Kier alpha value is -1.47. The van der Waals surface area contributed by atoms with Gasteiger partial charge in [0.05, 0.1) is 35.2 Å². The molecular weight excluding hydrogens is 310 g/mol. The van der Waals surface area contributed by atoms with Crippen molar-refractivity contribution >= 4 is 27.4 Å². The van der Waals surface area contributed by atoms with Gasteiger partial charge in [-0.05, 0) is 29.8 Å². The third kappa shape index (κ3) is 3.51. The second-order valence-electron chi connectivity index (χ2n) is 4.13. The number of ether oxygens (including phenoxy) is 1. The first-order valence-electron chi connectivity index (χ1n) is 5.89. The van der Waals surface area contributed by atoms with Crippen LogP contribution < -0.4 is 5.32 Å². The number of aryl methyl sites for hydroxylation is 2. The molecule has 0 aliphatic rings. The summed E-state index contributed by atoms with van der Waals surface area (Å²) >= 11 is 3.49. The maximum Gasteiger partial charge on any atom is 0.148 e. The number of hydrogen-bond donors (Lipinski definition) is 1. The largest absolute Gasteiger partial charge is 0.383 e. The van der Waals surface area contributed by atoms with Crippen LogP contribution in [0, 0.1) is 13.8 Å². The number of halogens is 1. The molecule has 102 valence electrons. The highest BCUT2D eigenvalue weighted by atomic mass is 79.9. The molecule has 6 nitrogen and oxygen atoms in total. The van der Waals surface area contributed by atoms with Gasteiger partial charge < -0.3 is 10.1 Å². The molecule has 2 aromatic rings. The summed E-state index contributed by atoms with van der Waals surface area (Å²) in [5.41, 5.74) is 1.79. The number of hydrogen-bond acceptors (Lipinski definition) is 5. The van der Waals surface area contributed by atoms with Crippen LogP contribution >= 0.6 is 15.9 Å². The van der Waals surface area contributed by atoms with Crippen LogP contribution in [-0.4, -0.2) is 33.5 Å². The van der Waals surface area contributed by atoms with Crippen molar-refractivity contribution < 1.29 is 4.74 Å². The zero-order valence-electron chi connectivity index (χ0n) is 11.1. The highest BCUT2D eigenvalue weighted by molar-refractivity contribution is 9.10. The summed E-state index contributed by atoms with van der Waals surface area (Å²) in [6.07, 6.45) is 3.67. The summed E-state index contributed by atoms with van der Waals surface area (Å²) < 4.78 is 7.70. The minimum absolute atomic E-state index is 0.635. The SMILES string of the molecule is COCCn1cc(Nc2nc(C)nc(C)c2Br)cn1. The van der Waals surface area contributed by atoms with E-state index in [0.717, 1.165) is 34.0 Å². The van der Waals surface area contributed by atoms with Gasteiger partial charge in [0.2, 0.25) is 0 Å². The lowest BCUT2D eigenvalue weighted by atomic mass is 10.4. The molecule has 0 amide bonds. The molecule has 19 heavy (non-hydrogen) atoms. The van der Waals surface area contributed by atoms with Gasteiger partial charge in [-0.1, -0.05) is 0 Å². The summed E-state index contributed by atoms with van der Waals surface area (Å²) in [4.78, 5) is 8.66. The first-order chi connectivity index (χ1) is 9.10. The lowest BCUT2D eigenvalue weighted by molar-refractivity contribution is 0.183. The highest BCUT2D eigenvalue weighted by Gasteiger charge is 2.08. The van der Waals surface area contributed by atoms with E-state index in [-0.39, 0.29) is 0 Å². The number of methoxy groups -OCH3 is 1. The van der Waals surface area contributed by atoms with Gasteiger partial charge in [-0.2, -0.15) is 5.10 Å². The first kappa shape index (κ1) is 14.0. The molecule has 2 heterocycles. The molecule has 2 rings (SSSR count). The molecule has 0 unspecified atom stereocenters. The van der Waals surface area contributed by atoms with E-state index >= 15 is 0 Å². The van der Waals surface area contributed by atoms with Crippen molar-refractivity contribution in [1.29, 1.82) is 0 Å². The smallest absolute Gasteiger partial charge is 0.148 e. The topological polar surface area (TPSA) is 64.9 Å². The molecular formula is C12H16BrN5O. The van der Waals surface area contributed by atoms with Gasteiger partial charge in [-0.25, -0.2) is 9.97 Å². The molecule has 0 saturated carbocycles. The Morgan fingerprint density at radius 2 is 2.16 bits per heavy atom. The molecule has 0 aliphatic carbocycles. The summed E-state index contributed by atoms with van der Waals surface area (Å²) in [5.74, 6) is 1.48. The molecule has 1 N–H and O–H groups in total. The molecule has 0 aromatic carbocycles. The monoisotopic (exact) mass is 325 g/mol. The fraction of sp³-hybridized carbons (Fsp3) is 0.417. The molecule has 0 fully saturated rings. The third-order valence-corrected chi connectivity index (χ3v) is 3.50. The van der Waals surface area contributed by atoms with Crippen LogP contribution in [0.4, 0.5) is 11.5 Å². The Kier molecular flexibility index (Phi) is 4.49. The Balaban J connectivity index is 2.15. The van der Waals surface area contributed by atoms with Gasteiger partial charge in [0.1, 0.15) is 11.6 Å². The Morgan fingerprint density at radius 3 is 2.89 bits per heavy atom. The number of anilines is 2. The summed E-state index contributed by atoms with van der Waals surface area (Å²) in [6.45, 7) is 5.16. The van der Waals surface area contributed by atoms with Crippen molar-refractivity contribution in [3.8, 4) is 0 Å². The van der Waals surface area contributed by atoms with E-state index in [4.69, 9.17) is 4.74 Å². The number of nitrogens with one attached hydrogen (secondary N) is 1. The van der Waals surface area contributed by atoms with E-state index in [9.17, 15) is 0 Å². The molecule has 0 spiro atoms.